The van der Waals surface area contributed by atoms with Crippen molar-refractivity contribution >= 4 is 23.4 Å². The van der Waals surface area contributed by atoms with Crippen LogP contribution in [0.4, 0.5) is 8.78 Å². The van der Waals surface area contributed by atoms with Gasteiger partial charge in [0.2, 0.25) is 0 Å². The standard InChI is InChI=1S/C28H22F2N2O5S/c1-3-35-27(34)24-16(2)31-28-32(25(24)17-7-5-4-6-8-17)26(33)23(38-28)14-19-10-11-20(37-19)15-36-22-12-9-18(29)13-21(22)30/h4-14,25H,3,15H2,1-2H3/b23-14-/t25-/m1/s1. The van der Waals surface area contributed by atoms with E-state index in [9.17, 15) is 18.4 Å². The molecule has 7 nitrogen and oxygen atoms in total. The van der Waals surface area contributed by atoms with E-state index in [1.165, 1.54) is 22.0 Å². The summed E-state index contributed by atoms with van der Waals surface area (Å²) in [5, 5.41) is 0. The Hall–Kier alpha value is -4.31. The first kappa shape index (κ1) is 25.3. The lowest BCUT2D eigenvalue weighted by Crippen LogP contribution is -2.39. The quantitative estimate of drug-likeness (QED) is 0.330. The van der Waals surface area contributed by atoms with Crippen LogP contribution in [0.1, 0.15) is 37.0 Å². The third-order valence-electron chi connectivity index (χ3n) is 5.85. The van der Waals surface area contributed by atoms with Crippen LogP contribution in [0.5, 0.6) is 5.75 Å². The van der Waals surface area contributed by atoms with Crippen LogP contribution in [0.25, 0.3) is 6.08 Å². The van der Waals surface area contributed by atoms with Gasteiger partial charge in [0.25, 0.3) is 5.56 Å². The molecule has 10 heteroatoms. The second-order valence-electron chi connectivity index (χ2n) is 8.38. The molecule has 2 aromatic carbocycles. The number of nitrogens with zero attached hydrogens (tertiary/aromatic N) is 2. The van der Waals surface area contributed by atoms with Crippen LogP contribution in [-0.4, -0.2) is 17.1 Å². The summed E-state index contributed by atoms with van der Waals surface area (Å²) in [7, 11) is 0. The van der Waals surface area contributed by atoms with Crippen molar-refractivity contribution in [1.82, 2.24) is 4.57 Å². The Morgan fingerprint density at radius 1 is 1.16 bits per heavy atom. The molecular weight excluding hydrogens is 514 g/mol. The van der Waals surface area contributed by atoms with E-state index in [1.54, 1.807) is 32.1 Å². The van der Waals surface area contributed by atoms with Crippen molar-refractivity contribution in [3.8, 4) is 5.75 Å². The average Bonchev–Trinajstić information content (AvgIpc) is 3.47. The lowest BCUT2D eigenvalue weighted by Gasteiger charge is -2.24. The number of furan rings is 1. The number of allylic oxidation sites excluding steroid dienone is 1. The van der Waals surface area contributed by atoms with Crippen LogP contribution in [0.2, 0.25) is 0 Å². The molecule has 0 spiro atoms. The molecule has 0 bridgehead atoms. The maximum Gasteiger partial charge on any atom is 0.338 e. The maximum absolute atomic E-state index is 13.8. The zero-order valence-corrected chi connectivity index (χ0v) is 21.3. The van der Waals surface area contributed by atoms with Crippen molar-refractivity contribution in [3.05, 3.63) is 120 Å². The molecule has 5 rings (SSSR count). The predicted molar refractivity (Wildman–Crippen MR) is 136 cm³/mol. The molecule has 0 saturated heterocycles. The highest BCUT2D eigenvalue weighted by Crippen LogP contribution is 2.30. The number of esters is 1. The number of thiazole rings is 1. The monoisotopic (exact) mass is 536 g/mol. The number of ether oxygens (including phenoxy) is 2. The van der Waals surface area contributed by atoms with Crippen molar-refractivity contribution < 1.29 is 27.5 Å². The Balaban J connectivity index is 1.49. The van der Waals surface area contributed by atoms with Gasteiger partial charge < -0.3 is 13.9 Å². The van der Waals surface area contributed by atoms with Gasteiger partial charge in [-0.15, -0.1) is 0 Å². The topological polar surface area (TPSA) is 83.0 Å². The predicted octanol–water partition coefficient (Wildman–Crippen LogP) is 4.25. The SMILES string of the molecule is CCOC(=O)C1=C(C)N=c2s/c(=C\c3ccc(COc4ccc(F)cc4F)o3)c(=O)n2[C@@H]1c1ccccc1. The van der Waals surface area contributed by atoms with E-state index in [4.69, 9.17) is 13.9 Å². The van der Waals surface area contributed by atoms with E-state index >= 15 is 0 Å². The van der Waals surface area contributed by atoms with Crippen LogP contribution < -0.4 is 19.6 Å². The number of hydrogen-bond acceptors (Lipinski definition) is 7. The van der Waals surface area contributed by atoms with Crippen molar-refractivity contribution in [2.75, 3.05) is 6.61 Å². The molecule has 1 aliphatic rings. The normalized spacial score (nSPS) is 15.3. The molecule has 0 N–H and O–H groups in total. The summed E-state index contributed by atoms with van der Waals surface area (Å²) >= 11 is 1.17. The van der Waals surface area contributed by atoms with Gasteiger partial charge in [-0.25, -0.2) is 18.6 Å². The summed E-state index contributed by atoms with van der Waals surface area (Å²) in [4.78, 5) is 31.5. The minimum atomic E-state index is -0.816. The Bertz CT molecular complexity index is 1720. The number of carbonyl (C=O) groups excluding carboxylic acids is 1. The molecule has 0 saturated carbocycles. The number of hydrogen-bond donors (Lipinski definition) is 0. The Morgan fingerprint density at radius 2 is 1.95 bits per heavy atom. The zero-order chi connectivity index (χ0) is 26.8. The average molecular weight is 537 g/mol. The van der Waals surface area contributed by atoms with Crippen molar-refractivity contribution in [1.29, 1.82) is 0 Å². The van der Waals surface area contributed by atoms with Crippen LogP contribution >= 0.6 is 11.3 Å². The summed E-state index contributed by atoms with van der Waals surface area (Å²) in [6.45, 7) is 3.55. The van der Waals surface area contributed by atoms with E-state index in [-0.39, 0.29) is 24.5 Å². The number of benzene rings is 2. The fraction of sp³-hybridized carbons (Fsp3) is 0.179. The van der Waals surface area contributed by atoms with Crippen molar-refractivity contribution in [2.45, 2.75) is 26.5 Å². The molecule has 1 aliphatic heterocycles. The van der Waals surface area contributed by atoms with Gasteiger partial charge in [-0.3, -0.25) is 9.36 Å². The number of halogens is 2. The van der Waals surface area contributed by atoms with Crippen LogP contribution in [0.15, 0.2) is 86.1 Å². The van der Waals surface area contributed by atoms with Crippen LogP contribution in [-0.2, 0) is 16.1 Å². The smallest absolute Gasteiger partial charge is 0.338 e. The molecule has 194 valence electrons. The van der Waals surface area contributed by atoms with Gasteiger partial charge in [0.05, 0.1) is 28.5 Å². The number of aromatic nitrogens is 1. The largest absolute Gasteiger partial charge is 0.483 e. The first-order chi connectivity index (χ1) is 18.4. The highest BCUT2D eigenvalue weighted by atomic mass is 32.1. The molecule has 0 unspecified atom stereocenters. The highest BCUT2D eigenvalue weighted by molar-refractivity contribution is 7.07. The molecule has 0 fully saturated rings. The summed E-state index contributed by atoms with van der Waals surface area (Å²) in [5.74, 6) is -1.38. The lowest BCUT2D eigenvalue weighted by atomic mass is 9.96. The maximum atomic E-state index is 13.8. The molecular formula is C28H22F2N2O5S. The Kier molecular flexibility index (Phi) is 7.06. The summed E-state index contributed by atoms with van der Waals surface area (Å²) in [5.41, 5.74) is 1.21. The van der Waals surface area contributed by atoms with E-state index in [0.717, 1.165) is 17.7 Å². The van der Waals surface area contributed by atoms with Gasteiger partial charge in [0, 0.05) is 12.1 Å². The van der Waals surface area contributed by atoms with Gasteiger partial charge in [-0.05, 0) is 43.7 Å². The summed E-state index contributed by atoms with van der Waals surface area (Å²) in [6.07, 6.45) is 1.58. The van der Waals surface area contributed by atoms with Crippen molar-refractivity contribution in [2.24, 2.45) is 4.99 Å². The fourth-order valence-corrected chi connectivity index (χ4v) is 5.19. The number of carbonyl (C=O) groups is 1. The van der Waals surface area contributed by atoms with Crippen LogP contribution in [0, 0.1) is 11.6 Å². The minimum absolute atomic E-state index is 0.0895. The Labute approximate surface area is 219 Å². The second kappa shape index (κ2) is 10.6. The number of rotatable bonds is 7. The molecule has 0 amide bonds. The third-order valence-corrected chi connectivity index (χ3v) is 6.83. The van der Waals surface area contributed by atoms with E-state index in [1.807, 2.05) is 30.3 Å². The van der Waals surface area contributed by atoms with E-state index < -0.39 is 23.6 Å². The fourth-order valence-electron chi connectivity index (χ4n) is 4.16. The molecule has 2 aromatic heterocycles. The first-order valence-corrected chi connectivity index (χ1v) is 12.6. The lowest BCUT2D eigenvalue weighted by molar-refractivity contribution is -0.139. The van der Waals surface area contributed by atoms with Gasteiger partial charge >= 0.3 is 5.97 Å². The molecule has 0 radical (unpaired) electrons. The second-order valence-corrected chi connectivity index (χ2v) is 9.39. The molecule has 1 atom stereocenters. The number of fused-ring (bicyclic) bond motifs is 1. The van der Waals surface area contributed by atoms with Gasteiger partial charge in [-0.2, -0.15) is 0 Å². The minimum Gasteiger partial charge on any atom is -0.483 e. The highest BCUT2D eigenvalue weighted by Gasteiger charge is 2.33. The van der Waals surface area contributed by atoms with Crippen LogP contribution in [0.3, 0.4) is 0 Å². The van der Waals surface area contributed by atoms with E-state index in [0.29, 0.717) is 32.1 Å². The zero-order valence-electron chi connectivity index (χ0n) is 20.4. The molecule has 3 heterocycles. The summed E-state index contributed by atoms with van der Waals surface area (Å²) in [6, 6.07) is 14.9. The third kappa shape index (κ3) is 4.95. The Morgan fingerprint density at radius 3 is 2.68 bits per heavy atom. The molecule has 4 aromatic rings. The van der Waals surface area contributed by atoms with Gasteiger partial charge in [0.15, 0.2) is 16.4 Å². The van der Waals surface area contributed by atoms with E-state index in [2.05, 4.69) is 4.99 Å². The van der Waals surface area contributed by atoms with Crippen molar-refractivity contribution in [3.63, 3.8) is 0 Å². The molecule has 0 aliphatic carbocycles. The first-order valence-electron chi connectivity index (χ1n) is 11.8. The molecule has 38 heavy (non-hydrogen) atoms. The summed E-state index contributed by atoms with van der Waals surface area (Å²) < 4.78 is 45.2. The van der Waals surface area contributed by atoms with Gasteiger partial charge in [-0.1, -0.05) is 41.7 Å². The van der Waals surface area contributed by atoms with Gasteiger partial charge in [0.1, 0.15) is 23.9 Å².